The molecule has 5 heteroatoms. The lowest BCUT2D eigenvalue weighted by atomic mass is 10.2. The second kappa shape index (κ2) is 6.20. The SMILES string of the molecule is Nc1cc(C(=O)OCCc2ccncc2)ccc1Cl. The number of nitrogens with two attached hydrogens (primary N) is 1. The number of hydrogen-bond donors (Lipinski definition) is 1. The molecule has 2 N–H and O–H groups in total. The smallest absolute Gasteiger partial charge is 0.338 e. The van der Waals surface area contributed by atoms with E-state index in [4.69, 9.17) is 22.1 Å². The van der Waals surface area contributed by atoms with Gasteiger partial charge >= 0.3 is 5.97 Å². The first-order valence-electron chi connectivity index (χ1n) is 5.78. The maximum absolute atomic E-state index is 11.8. The molecule has 19 heavy (non-hydrogen) atoms. The van der Waals surface area contributed by atoms with E-state index in [1.165, 1.54) is 6.07 Å². The Balaban J connectivity index is 1.89. The number of anilines is 1. The third kappa shape index (κ3) is 3.69. The molecule has 1 heterocycles. The van der Waals surface area contributed by atoms with Crippen LogP contribution in [0.5, 0.6) is 0 Å². The van der Waals surface area contributed by atoms with E-state index >= 15 is 0 Å². The highest BCUT2D eigenvalue weighted by Crippen LogP contribution is 2.19. The molecule has 0 atom stereocenters. The molecule has 1 aromatic heterocycles. The van der Waals surface area contributed by atoms with Gasteiger partial charge in [-0.25, -0.2) is 4.79 Å². The zero-order valence-corrected chi connectivity index (χ0v) is 10.9. The Morgan fingerprint density at radius 3 is 2.68 bits per heavy atom. The van der Waals surface area contributed by atoms with Crippen LogP contribution in [0.1, 0.15) is 15.9 Å². The van der Waals surface area contributed by atoms with E-state index in [9.17, 15) is 4.79 Å². The fraction of sp³-hybridized carbons (Fsp3) is 0.143. The lowest BCUT2D eigenvalue weighted by Crippen LogP contribution is -2.08. The molecule has 0 fully saturated rings. The number of pyridine rings is 1. The molecule has 0 saturated carbocycles. The minimum absolute atomic E-state index is 0.311. The van der Waals surface area contributed by atoms with Crippen LogP contribution in [0, 0.1) is 0 Å². The van der Waals surface area contributed by atoms with Crippen molar-refractivity contribution in [1.82, 2.24) is 4.98 Å². The van der Waals surface area contributed by atoms with Gasteiger partial charge in [-0.1, -0.05) is 11.6 Å². The Labute approximate surface area is 116 Å². The molecule has 0 spiro atoms. The summed E-state index contributed by atoms with van der Waals surface area (Å²) in [5, 5.41) is 0.424. The van der Waals surface area contributed by atoms with E-state index in [2.05, 4.69) is 4.98 Å². The predicted octanol–water partition coefficient (Wildman–Crippen LogP) is 2.72. The van der Waals surface area contributed by atoms with Gasteiger partial charge in [-0.3, -0.25) is 4.98 Å². The highest BCUT2D eigenvalue weighted by atomic mass is 35.5. The number of rotatable bonds is 4. The Bertz CT molecular complexity index is 573. The number of halogens is 1. The Hall–Kier alpha value is -2.07. The van der Waals surface area contributed by atoms with Gasteiger partial charge < -0.3 is 10.5 Å². The summed E-state index contributed by atoms with van der Waals surface area (Å²) < 4.78 is 5.17. The number of benzene rings is 1. The van der Waals surface area contributed by atoms with Crippen LogP contribution in [0.25, 0.3) is 0 Å². The molecule has 0 aliphatic heterocycles. The highest BCUT2D eigenvalue weighted by molar-refractivity contribution is 6.33. The topological polar surface area (TPSA) is 65.2 Å². The molecule has 1 aromatic carbocycles. The summed E-state index contributed by atoms with van der Waals surface area (Å²) in [5.74, 6) is -0.405. The minimum atomic E-state index is -0.405. The van der Waals surface area contributed by atoms with Gasteiger partial charge in [-0.05, 0) is 35.9 Å². The van der Waals surface area contributed by atoms with Crippen LogP contribution in [0.15, 0.2) is 42.7 Å². The molecule has 0 radical (unpaired) electrons. The third-order valence-corrected chi connectivity index (χ3v) is 2.95. The Kier molecular flexibility index (Phi) is 4.36. The van der Waals surface area contributed by atoms with Gasteiger partial charge in [-0.2, -0.15) is 0 Å². The van der Waals surface area contributed by atoms with Crippen LogP contribution in [0.3, 0.4) is 0 Å². The van der Waals surface area contributed by atoms with Gasteiger partial charge in [0.1, 0.15) is 0 Å². The second-order valence-electron chi connectivity index (χ2n) is 3.98. The van der Waals surface area contributed by atoms with E-state index in [-0.39, 0.29) is 0 Å². The molecule has 0 bridgehead atoms. The first-order valence-corrected chi connectivity index (χ1v) is 6.15. The first-order chi connectivity index (χ1) is 9.16. The van der Waals surface area contributed by atoms with Gasteiger partial charge in [0.25, 0.3) is 0 Å². The van der Waals surface area contributed by atoms with Crippen molar-refractivity contribution >= 4 is 23.3 Å². The largest absolute Gasteiger partial charge is 0.462 e. The van der Waals surface area contributed by atoms with Gasteiger partial charge in [0, 0.05) is 18.8 Å². The minimum Gasteiger partial charge on any atom is -0.462 e. The van der Waals surface area contributed by atoms with E-state index in [0.717, 1.165) is 5.56 Å². The Morgan fingerprint density at radius 1 is 1.26 bits per heavy atom. The third-order valence-electron chi connectivity index (χ3n) is 2.60. The fourth-order valence-electron chi connectivity index (χ4n) is 1.57. The lowest BCUT2D eigenvalue weighted by Gasteiger charge is -2.06. The number of hydrogen-bond acceptors (Lipinski definition) is 4. The predicted molar refractivity (Wildman–Crippen MR) is 74.1 cm³/mol. The summed E-state index contributed by atoms with van der Waals surface area (Å²) in [5.41, 5.74) is 7.47. The summed E-state index contributed by atoms with van der Waals surface area (Å²) in [6.07, 6.45) is 4.06. The summed E-state index contributed by atoms with van der Waals surface area (Å²) in [6, 6.07) is 8.45. The number of nitrogen functional groups attached to an aromatic ring is 1. The van der Waals surface area contributed by atoms with E-state index in [0.29, 0.717) is 29.3 Å². The van der Waals surface area contributed by atoms with Crippen LogP contribution in [-0.2, 0) is 11.2 Å². The molecular weight excluding hydrogens is 264 g/mol. The average Bonchev–Trinajstić information content (AvgIpc) is 2.43. The van der Waals surface area contributed by atoms with Crippen LogP contribution < -0.4 is 5.73 Å². The quantitative estimate of drug-likeness (QED) is 0.689. The molecule has 98 valence electrons. The van der Waals surface area contributed by atoms with Crippen LogP contribution in [0.2, 0.25) is 5.02 Å². The molecular formula is C14H13ClN2O2. The summed E-state index contributed by atoms with van der Waals surface area (Å²) in [4.78, 5) is 15.7. The second-order valence-corrected chi connectivity index (χ2v) is 4.38. The molecule has 0 aliphatic carbocycles. The number of carbonyl (C=O) groups is 1. The van der Waals surface area contributed by atoms with Crippen molar-refractivity contribution in [2.75, 3.05) is 12.3 Å². The maximum atomic E-state index is 11.8. The van der Waals surface area contributed by atoms with Crippen molar-refractivity contribution in [3.8, 4) is 0 Å². The zero-order chi connectivity index (χ0) is 13.7. The average molecular weight is 277 g/mol. The van der Waals surface area contributed by atoms with Crippen LogP contribution >= 0.6 is 11.6 Å². The Morgan fingerprint density at radius 2 is 2.00 bits per heavy atom. The number of nitrogens with zero attached hydrogens (tertiary/aromatic N) is 1. The summed E-state index contributed by atoms with van der Waals surface area (Å²) in [6.45, 7) is 0.311. The maximum Gasteiger partial charge on any atom is 0.338 e. The number of aromatic nitrogens is 1. The molecule has 0 amide bonds. The molecule has 4 nitrogen and oxygen atoms in total. The van der Waals surface area contributed by atoms with Gasteiger partial charge in [0.15, 0.2) is 0 Å². The lowest BCUT2D eigenvalue weighted by molar-refractivity contribution is 0.0509. The zero-order valence-electron chi connectivity index (χ0n) is 10.2. The van der Waals surface area contributed by atoms with Crippen LogP contribution in [0.4, 0.5) is 5.69 Å². The normalized spacial score (nSPS) is 10.2. The van der Waals surface area contributed by atoms with Gasteiger partial charge in [0.05, 0.1) is 22.9 Å². The van der Waals surface area contributed by atoms with E-state index < -0.39 is 5.97 Å². The molecule has 0 unspecified atom stereocenters. The first kappa shape index (κ1) is 13.4. The monoisotopic (exact) mass is 276 g/mol. The van der Waals surface area contributed by atoms with Crippen molar-refractivity contribution in [2.24, 2.45) is 0 Å². The van der Waals surface area contributed by atoms with Crippen molar-refractivity contribution in [1.29, 1.82) is 0 Å². The molecule has 0 saturated heterocycles. The molecule has 2 rings (SSSR count). The van der Waals surface area contributed by atoms with Gasteiger partial charge in [-0.15, -0.1) is 0 Å². The fourth-order valence-corrected chi connectivity index (χ4v) is 1.68. The number of esters is 1. The molecule has 0 aliphatic rings. The van der Waals surface area contributed by atoms with Crippen molar-refractivity contribution in [2.45, 2.75) is 6.42 Å². The highest BCUT2D eigenvalue weighted by Gasteiger charge is 2.08. The summed E-state index contributed by atoms with van der Waals surface area (Å²) in [7, 11) is 0. The van der Waals surface area contributed by atoms with E-state index in [1.54, 1.807) is 24.5 Å². The number of ether oxygens (including phenoxy) is 1. The van der Waals surface area contributed by atoms with Crippen molar-refractivity contribution in [3.05, 3.63) is 58.9 Å². The van der Waals surface area contributed by atoms with Crippen LogP contribution in [-0.4, -0.2) is 17.6 Å². The van der Waals surface area contributed by atoms with E-state index in [1.807, 2.05) is 12.1 Å². The standard InChI is InChI=1S/C14H13ClN2O2/c15-12-2-1-11(9-13(12)16)14(18)19-8-5-10-3-6-17-7-4-10/h1-4,6-7,9H,5,8,16H2. The van der Waals surface area contributed by atoms with Gasteiger partial charge in [0.2, 0.25) is 0 Å². The molecule has 2 aromatic rings. The van der Waals surface area contributed by atoms with Crippen molar-refractivity contribution < 1.29 is 9.53 Å². The van der Waals surface area contributed by atoms with Crippen molar-refractivity contribution in [3.63, 3.8) is 0 Å². The summed E-state index contributed by atoms with van der Waals surface area (Å²) >= 11 is 5.79. The number of carbonyl (C=O) groups excluding carboxylic acids is 1.